The van der Waals surface area contributed by atoms with E-state index >= 15 is 0 Å². The van der Waals surface area contributed by atoms with Gasteiger partial charge in [0.25, 0.3) is 5.91 Å². The summed E-state index contributed by atoms with van der Waals surface area (Å²) in [5.41, 5.74) is -0.705. The molecule has 0 saturated carbocycles. The van der Waals surface area contributed by atoms with E-state index in [9.17, 15) is 14.4 Å². The number of methoxy groups -OCH3 is 1. The molecule has 1 saturated heterocycles. The van der Waals surface area contributed by atoms with Crippen molar-refractivity contribution in [3.63, 3.8) is 0 Å². The molecule has 2 rings (SSSR count). The van der Waals surface area contributed by atoms with Gasteiger partial charge in [-0.05, 0) is 24.6 Å². The van der Waals surface area contributed by atoms with Gasteiger partial charge in [-0.25, -0.2) is 4.79 Å². The summed E-state index contributed by atoms with van der Waals surface area (Å²) in [7, 11) is 1.52. The van der Waals surface area contributed by atoms with Crippen LogP contribution in [-0.2, 0) is 15.1 Å². The number of carbonyl (C=O) groups excluding carboxylic acids is 2. The average Bonchev–Trinajstić information content (AvgIpc) is 2.63. The first-order valence-electron chi connectivity index (χ1n) is 5.89. The van der Waals surface area contributed by atoms with Crippen molar-refractivity contribution >= 4 is 17.9 Å². The van der Waals surface area contributed by atoms with Crippen LogP contribution in [0, 0.1) is 0 Å². The number of imide groups is 1. The highest BCUT2D eigenvalue weighted by Gasteiger charge is 2.49. The zero-order valence-electron chi connectivity index (χ0n) is 11.0. The van der Waals surface area contributed by atoms with Crippen molar-refractivity contribution in [2.45, 2.75) is 12.5 Å². The Kier molecular flexibility index (Phi) is 3.35. The normalized spacial score (nSPS) is 21.8. The maximum Gasteiger partial charge on any atom is 0.325 e. The molecule has 0 aromatic heterocycles. The van der Waals surface area contributed by atoms with Gasteiger partial charge in [0.05, 0.1) is 7.11 Å². The molecule has 1 heterocycles. The van der Waals surface area contributed by atoms with Gasteiger partial charge in [0.15, 0.2) is 0 Å². The molecule has 3 amide bonds. The summed E-state index contributed by atoms with van der Waals surface area (Å²) in [5, 5.41) is 11.3. The number of ether oxygens (including phenoxy) is 1. The second kappa shape index (κ2) is 4.84. The van der Waals surface area contributed by atoms with Gasteiger partial charge >= 0.3 is 12.0 Å². The molecule has 1 aromatic rings. The number of urea groups is 1. The largest absolute Gasteiger partial charge is 0.497 e. The molecule has 1 aromatic carbocycles. The molecule has 7 heteroatoms. The first kappa shape index (κ1) is 13.9. The lowest BCUT2D eigenvalue weighted by molar-refractivity contribution is -0.142. The van der Waals surface area contributed by atoms with E-state index in [1.807, 2.05) is 0 Å². The molecule has 0 bridgehead atoms. The number of hydrogen-bond acceptors (Lipinski definition) is 4. The summed E-state index contributed by atoms with van der Waals surface area (Å²) >= 11 is 0. The lowest BCUT2D eigenvalue weighted by Crippen LogP contribution is -2.41. The molecule has 7 nitrogen and oxygen atoms in total. The Balaban J connectivity index is 2.32. The van der Waals surface area contributed by atoms with Crippen LogP contribution in [0.1, 0.15) is 12.5 Å². The Bertz CT molecular complexity index is 569. The van der Waals surface area contributed by atoms with E-state index in [4.69, 9.17) is 9.84 Å². The monoisotopic (exact) mass is 278 g/mol. The number of hydrogen-bond donors (Lipinski definition) is 2. The van der Waals surface area contributed by atoms with Crippen LogP contribution >= 0.6 is 0 Å². The molecule has 20 heavy (non-hydrogen) atoms. The Hall–Kier alpha value is -2.57. The lowest BCUT2D eigenvalue weighted by atomic mass is 9.92. The van der Waals surface area contributed by atoms with E-state index in [1.54, 1.807) is 24.3 Å². The Morgan fingerprint density at radius 3 is 2.45 bits per heavy atom. The number of amides is 3. The summed E-state index contributed by atoms with van der Waals surface area (Å²) in [5.74, 6) is -1.21. The van der Waals surface area contributed by atoms with E-state index in [0.717, 1.165) is 0 Å². The number of nitrogens with zero attached hydrogens (tertiary/aromatic N) is 1. The van der Waals surface area contributed by atoms with Gasteiger partial charge in [-0.1, -0.05) is 12.1 Å². The van der Waals surface area contributed by atoms with E-state index < -0.39 is 30.0 Å². The van der Waals surface area contributed by atoms with Crippen molar-refractivity contribution < 1.29 is 24.2 Å². The lowest BCUT2D eigenvalue weighted by Gasteiger charge is -2.22. The van der Waals surface area contributed by atoms with Crippen LogP contribution in [0.4, 0.5) is 4.79 Å². The van der Waals surface area contributed by atoms with Crippen molar-refractivity contribution in [3.8, 4) is 5.75 Å². The highest BCUT2D eigenvalue weighted by Crippen LogP contribution is 2.29. The van der Waals surface area contributed by atoms with Crippen LogP contribution in [0.25, 0.3) is 0 Å². The molecule has 0 aliphatic carbocycles. The fourth-order valence-corrected chi connectivity index (χ4v) is 2.10. The molecule has 1 atom stereocenters. The minimum atomic E-state index is -1.27. The van der Waals surface area contributed by atoms with Crippen LogP contribution in [0.2, 0.25) is 0 Å². The summed E-state index contributed by atoms with van der Waals surface area (Å²) in [6, 6.07) is 5.93. The SMILES string of the molecule is COc1ccc(C2(C)NC(=O)N(CC(=O)O)C2=O)cc1. The van der Waals surface area contributed by atoms with Gasteiger partial charge in [-0.2, -0.15) is 0 Å². The molecule has 106 valence electrons. The Labute approximate surface area is 115 Å². The van der Waals surface area contributed by atoms with E-state index in [2.05, 4.69) is 5.32 Å². The third kappa shape index (κ3) is 2.18. The van der Waals surface area contributed by atoms with E-state index in [1.165, 1.54) is 14.0 Å². The van der Waals surface area contributed by atoms with Crippen LogP contribution in [-0.4, -0.2) is 41.6 Å². The third-order valence-corrected chi connectivity index (χ3v) is 3.24. The van der Waals surface area contributed by atoms with Crippen LogP contribution in [0.5, 0.6) is 5.75 Å². The molecule has 0 radical (unpaired) electrons. The minimum absolute atomic E-state index is 0.560. The highest BCUT2D eigenvalue weighted by atomic mass is 16.5. The molecular weight excluding hydrogens is 264 g/mol. The zero-order chi connectivity index (χ0) is 14.9. The summed E-state index contributed by atoms with van der Waals surface area (Å²) in [6.07, 6.45) is 0. The fraction of sp³-hybridized carbons (Fsp3) is 0.308. The number of benzene rings is 1. The average molecular weight is 278 g/mol. The van der Waals surface area contributed by atoms with Crippen LogP contribution < -0.4 is 10.1 Å². The number of carboxylic acids is 1. The third-order valence-electron chi connectivity index (χ3n) is 3.24. The molecular formula is C13H14N2O5. The van der Waals surface area contributed by atoms with Crippen molar-refractivity contribution in [1.82, 2.24) is 10.2 Å². The molecule has 0 spiro atoms. The number of carboxylic acid groups (broad SMARTS) is 1. The number of carbonyl (C=O) groups is 3. The maximum atomic E-state index is 12.3. The molecule has 1 unspecified atom stereocenters. The molecule has 1 aliphatic heterocycles. The van der Waals surface area contributed by atoms with Gasteiger partial charge in [-0.3, -0.25) is 14.5 Å². The zero-order valence-corrected chi connectivity index (χ0v) is 11.0. The molecule has 1 fully saturated rings. The van der Waals surface area contributed by atoms with E-state index in [-0.39, 0.29) is 0 Å². The predicted octanol–water partition coefficient (Wildman–Crippen LogP) is 0.547. The Morgan fingerprint density at radius 1 is 1.35 bits per heavy atom. The topological polar surface area (TPSA) is 95.9 Å². The second-order valence-corrected chi connectivity index (χ2v) is 4.57. The minimum Gasteiger partial charge on any atom is -0.497 e. The number of aliphatic carboxylic acids is 1. The van der Waals surface area contributed by atoms with Gasteiger partial charge in [0.1, 0.15) is 17.8 Å². The van der Waals surface area contributed by atoms with Gasteiger partial charge < -0.3 is 15.2 Å². The summed E-state index contributed by atoms with van der Waals surface area (Å²) < 4.78 is 5.03. The van der Waals surface area contributed by atoms with Crippen LogP contribution in [0.15, 0.2) is 24.3 Å². The fourth-order valence-electron chi connectivity index (χ4n) is 2.10. The quantitative estimate of drug-likeness (QED) is 0.784. The maximum absolute atomic E-state index is 12.3. The van der Waals surface area contributed by atoms with Crippen molar-refractivity contribution in [2.75, 3.05) is 13.7 Å². The van der Waals surface area contributed by atoms with Gasteiger partial charge in [-0.15, -0.1) is 0 Å². The van der Waals surface area contributed by atoms with Crippen LogP contribution in [0.3, 0.4) is 0 Å². The molecule has 2 N–H and O–H groups in total. The first-order chi connectivity index (χ1) is 9.38. The predicted molar refractivity (Wildman–Crippen MR) is 68.2 cm³/mol. The molecule has 1 aliphatic rings. The van der Waals surface area contributed by atoms with Crippen molar-refractivity contribution in [3.05, 3.63) is 29.8 Å². The first-order valence-corrected chi connectivity index (χ1v) is 5.89. The van der Waals surface area contributed by atoms with E-state index in [0.29, 0.717) is 16.2 Å². The van der Waals surface area contributed by atoms with Crippen molar-refractivity contribution in [1.29, 1.82) is 0 Å². The van der Waals surface area contributed by atoms with Gasteiger partial charge in [0, 0.05) is 0 Å². The summed E-state index contributed by atoms with van der Waals surface area (Å²) in [4.78, 5) is 35.4. The summed E-state index contributed by atoms with van der Waals surface area (Å²) in [6.45, 7) is 0.882. The number of rotatable bonds is 4. The van der Waals surface area contributed by atoms with Gasteiger partial charge in [0.2, 0.25) is 0 Å². The standard InChI is InChI=1S/C13H14N2O5/c1-13(8-3-5-9(20-2)6-4-8)11(18)15(7-10(16)17)12(19)14-13/h3-6H,7H2,1-2H3,(H,14,19)(H,16,17). The second-order valence-electron chi connectivity index (χ2n) is 4.57. The highest BCUT2D eigenvalue weighted by molar-refractivity contribution is 6.08. The number of nitrogens with one attached hydrogen (secondary N) is 1. The Morgan fingerprint density at radius 2 is 1.95 bits per heavy atom. The smallest absolute Gasteiger partial charge is 0.325 e. The van der Waals surface area contributed by atoms with Crippen molar-refractivity contribution in [2.24, 2.45) is 0 Å².